The van der Waals surface area contributed by atoms with Crippen molar-refractivity contribution in [3.8, 4) is 0 Å². The SMILES string of the molecule is CCC1CCCCN1C(=O)c1ccc(Cl)c(NS(C)(=O)=O)c1. The van der Waals surface area contributed by atoms with Crippen molar-refractivity contribution in [1.82, 2.24) is 4.90 Å². The predicted molar refractivity (Wildman–Crippen MR) is 88.9 cm³/mol. The van der Waals surface area contributed by atoms with Crippen LogP contribution in [0, 0.1) is 0 Å². The molecule has 1 fully saturated rings. The minimum absolute atomic E-state index is 0.0697. The van der Waals surface area contributed by atoms with E-state index in [1.807, 2.05) is 4.90 Å². The molecule has 0 aliphatic carbocycles. The van der Waals surface area contributed by atoms with Gasteiger partial charge in [-0.15, -0.1) is 0 Å². The van der Waals surface area contributed by atoms with E-state index in [4.69, 9.17) is 11.6 Å². The van der Waals surface area contributed by atoms with E-state index in [0.717, 1.165) is 38.5 Å². The summed E-state index contributed by atoms with van der Waals surface area (Å²) in [5, 5.41) is 0.271. The van der Waals surface area contributed by atoms with Crippen LogP contribution in [0.4, 0.5) is 5.69 Å². The van der Waals surface area contributed by atoms with E-state index in [9.17, 15) is 13.2 Å². The second kappa shape index (κ2) is 6.87. The largest absolute Gasteiger partial charge is 0.336 e. The number of likely N-dealkylation sites (tertiary alicyclic amines) is 1. The van der Waals surface area contributed by atoms with E-state index in [-0.39, 0.29) is 22.7 Å². The molecule has 1 N–H and O–H groups in total. The second-order valence-corrected chi connectivity index (χ2v) is 7.78. The molecule has 0 saturated carbocycles. The van der Waals surface area contributed by atoms with Gasteiger partial charge in [-0.05, 0) is 43.9 Å². The molecule has 1 aromatic carbocycles. The van der Waals surface area contributed by atoms with Crippen LogP contribution in [-0.4, -0.2) is 38.1 Å². The van der Waals surface area contributed by atoms with Crippen molar-refractivity contribution in [2.45, 2.75) is 38.6 Å². The summed E-state index contributed by atoms with van der Waals surface area (Å²) in [5.41, 5.74) is 0.691. The normalized spacial score (nSPS) is 19.0. The van der Waals surface area contributed by atoms with Gasteiger partial charge in [0.2, 0.25) is 10.0 Å². The fourth-order valence-corrected chi connectivity index (χ4v) is 3.58. The minimum atomic E-state index is -3.44. The van der Waals surface area contributed by atoms with E-state index in [0.29, 0.717) is 5.56 Å². The van der Waals surface area contributed by atoms with Crippen molar-refractivity contribution < 1.29 is 13.2 Å². The van der Waals surface area contributed by atoms with E-state index < -0.39 is 10.0 Å². The van der Waals surface area contributed by atoms with Crippen LogP contribution >= 0.6 is 11.6 Å². The molecule has 1 unspecified atom stereocenters. The third-order valence-electron chi connectivity index (χ3n) is 3.87. The van der Waals surface area contributed by atoms with Crippen LogP contribution in [-0.2, 0) is 10.0 Å². The van der Waals surface area contributed by atoms with Gasteiger partial charge >= 0.3 is 0 Å². The summed E-state index contributed by atoms with van der Waals surface area (Å²) in [7, 11) is -3.44. The quantitative estimate of drug-likeness (QED) is 0.912. The average Bonchev–Trinajstić information content (AvgIpc) is 2.47. The lowest BCUT2D eigenvalue weighted by molar-refractivity contribution is 0.0608. The Morgan fingerprint density at radius 2 is 2.14 bits per heavy atom. The van der Waals surface area contributed by atoms with Gasteiger partial charge in [-0.25, -0.2) is 8.42 Å². The van der Waals surface area contributed by atoms with E-state index in [1.54, 1.807) is 12.1 Å². The Morgan fingerprint density at radius 1 is 1.41 bits per heavy atom. The number of piperidine rings is 1. The Bertz CT molecular complexity index is 661. The molecule has 22 heavy (non-hydrogen) atoms. The Hall–Kier alpha value is -1.27. The van der Waals surface area contributed by atoms with Crippen molar-refractivity contribution in [3.05, 3.63) is 28.8 Å². The summed E-state index contributed by atoms with van der Waals surface area (Å²) in [5.74, 6) is -0.0697. The highest BCUT2D eigenvalue weighted by molar-refractivity contribution is 7.92. The molecule has 5 nitrogen and oxygen atoms in total. The highest BCUT2D eigenvalue weighted by atomic mass is 35.5. The van der Waals surface area contributed by atoms with Crippen LogP contribution in [0.15, 0.2) is 18.2 Å². The topological polar surface area (TPSA) is 66.5 Å². The molecule has 0 aromatic heterocycles. The molecule has 122 valence electrons. The zero-order valence-electron chi connectivity index (χ0n) is 12.8. The first-order valence-electron chi connectivity index (χ1n) is 7.40. The lowest BCUT2D eigenvalue weighted by Gasteiger charge is -2.35. The zero-order chi connectivity index (χ0) is 16.3. The number of halogens is 1. The molecule has 1 aromatic rings. The summed E-state index contributed by atoms with van der Waals surface area (Å²) in [4.78, 5) is 14.6. The van der Waals surface area contributed by atoms with Gasteiger partial charge in [-0.3, -0.25) is 9.52 Å². The van der Waals surface area contributed by atoms with E-state index in [1.165, 1.54) is 6.07 Å². The molecule has 1 aliphatic rings. The number of hydrogen-bond donors (Lipinski definition) is 1. The van der Waals surface area contributed by atoms with Crippen LogP contribution in [0.3, 0.4) is 0 Å². The van der Waals surface area contributed by atoms with Gasteiger partial charge < -0.3 is 4.90 Å². The monoisotopic (exact) mass is 344 g/mol. The number of nitrogens with zero attached hydrogens (tertiary/aromatic N) is 1. The van der Waals surface area contributed by atoms with Crippen molar-refractivity contribution in [2.24, 2.45) is 0 Å². The number of carbonyl (C=O) groups is 1. The van der Waals surface area contributed by atoms with Gasteiger partial charge in [0.1, 0.15) is 0 Å². The molecule has 0 radical (unpaired) electrons. The summed E-state index contributed by atoms with van der Waals surface area (Å²) in [6.45, 7) is 2.82. The van der Waals surface area contributed by atoms with Gasteiger partial charge in [0.15, 0.2) is 0 Å². The highest BCUT2D eigenvalue weighted by Gasteiger charge is 2.26. The lowest BCUT2D eigenvalue weighted by Crippen LogP contribution is -2.43. The molecule has 1 heterocycles. The molecule has 1 amide bonds. The molecular formula is C15H21ClN2O3S. The average molecular weight is 345 g/mol. The first kappa shape index (κ1) is 17.1. The van der Waals surface area contributed by atoms with E-state index in [2.05, 4.69) is 11.6 Å². The maximum Gasteiger partial charge on any atom is 0.254 e. The van der Waals surface area contributed by atoms with Crippen LogP contribution in [0.1, 0.15) is 43.0 Å². The number of hydrogen-bond acceptors (Lipinski definition) is 3. The predicted octanol–water partition coefficient (Wildman–Crippen LogP) is 3.12. The van der Waals surface area contributed by atoms with Gasteiger partial charge in [-0.1, -0.05) is 18.5 Å². The number of anilines is 1. The van der Waals surface area contributed by atoms with Gasteiger partial charge in [-0.2, -0.15) is 0 Å². The summed E-state index contributed by atoms with van der Waals surface area (Å²) < 4.78 is 25.1. The highest BCUT2D eigenvalue weighted by Crippen LogP contribution is 2.27. The number of nitrogens with one attached hydrogen (secondary N) is 1. The molecule has 7 heteroatoms. The van der Waals surface area contributed by atoms with Crippen molar-refractivity contribution in [1.29, 1.82) is 0 Å². The molecule has 1 atom stereocenters. The summed E-state index contributed by atoms with van der Waals surface area (Å²) >= 11 is 6.00. The second-order valence-electron chi connectivity index (χ2n) is 5.63. The summed E-state index contributed by atoms with van der Waals surface area (Å²) in [6.07, 6.45) is 5.14. The number of rotatable bonds is 4. The maximum absolute atomic E-state index is 12.7. The van der Waals surface area contributed by atoms with Crippen LogP contribution < -0.4 is 4.72 Å². The van der Waals surface area contributed by atoms with Crippen molar-refractivity contribution in [2.75, 3.05) is 17.5 Å². The lowest BCUT2D eigenvalue weighted by atomic mass is 9.99. The van der Waals surface area contributed by atoms with Crippen LogP contribution in [0.5, 0.6) is 0 Å². The van der Waals surface area contributed by atoms with Gasteiger partial charge in [0.25, 0.3) is 5.91 Å². The smallest absolute Gasteiger partial charge is 0.254 e. The molecule has 1 aliphatic heterocycles. The third-order valence-corrected chi connectivity index (χ3v) is 4.79. The minimum Gasteiger partial charge on any atom is -0.336 e. The van der Waals surface area contributed by atoms with E-state index >= 15 is 0 Å². The standard InChI is InChI=1S/C15H21ClN2O3S/c1-3-12-6-4-5-9-18(12)15(19)11-7-8-13(16)14(10-11)17-22(2,20)21/h7-8,10,12,17H,3-6,9H2,1-2H3. The molecule has 1 saturated heterocycles. The molecule has 0 spiro atoms. The third kappa shape index (κ3) is 4.14. The van der Waals surface area contributed by atoms with Gasteiger partial charge in [0, 0.05) is 18.2 Å². The maximum atomic E-state index is 12.7. The molecular weight excluding hydrogens is 324 g/mol. The number of amides is 1. The number of sulfonamides is 1. The van der Waals surface area contributed by atoms with Crippen molar-refractivity contribution in [3.63, 3.8) is 0 Å². The number of benzene rings is 1. The van der Waals surface area contributed by atoms with Crippen LogP contribution in [0.2, 0.25) is 5.02 Å². The Kier molecular flexibility index (Phi) is 5.34. The van der Waals surface area contributed by atoms with Gasteiger partial charge in [0.05, 0.1) is 17.0 Å². The van der Waals surface area contributed by atoms with Crippen LogP contribution in [0.25, 0.3) is 0 Å². The zero-order valence-corrected chi connectivity index (χ0v) is 14.4. The Morgan fingerprint density at radius 3 is 2.77 bits per heavy atom. The first-order valence-corrected chi connectivity index (χ1v) is 9.67. The number of carbonyl (C=O) groups excluding carboxylic acids is 1. The molecule has 0 bridgehead atoms. The van der Waals surface area contributed by atoms with Crippen molar-refractivity contribution >= 4 is 33.2 Å². The Labute approximate surface area is 136 Å². The fourth-order valence-electron chi connectivity index (χ4n) is 2.79. The Balaban J connectivity index is 2.28. The summed E-state index contributed by atoms with van der Waals surface area (Å²) in [6, 6.07) is 4.95. The first-order chi connectivity index (χ1) is 10.3. The fraction of sp³-hybridized carbons (Fsp3) is 0.533. The molecule has 2 rings (SSSR count).